The van der Waals surface area contributed by atoms with Crippen LogP contribution in [0, 0.1) is 19.3 Å². The summed E-state index contributed by atoms with van der Waals surface area (Å²) in [4.78, 5) is 22.2. The Bertz CT molecular complexity index is 507. The van der Waals surface area contributed by atoms with Gasteiger partial charge in [0.15, 0.2) is 0 Å². The van der Waals surface area contributed by atoms with Crippen molar-refractivity contribution in [2.24, 2.45) is 0 Å². The molecule has 94 valence electrons. The van der Waals surface area contributed by atoms with Crippen molar-refractivity contribution in [3.63, 3.8) is 0 Å². The largest absolute Gasteiger partial charge is 0.480 e. The second-order valence-electron chi connectivity index (χ2n) is 3.59. The summed E-state index contributed by atoms with van der Waals surface area (Å²) in [7, 11) is 0. The summed E-state index contributed by atoms with van der Waals surface area (Å²) in [5, 5.41) is 11.1. The van der Waals surface area contributed by atoms with Crippen molar-refractivity contribution in [3.05, 3.63) is 29.7 Å². The summed E-state index contributed by atoms with van der Waals surface area (Å²) in [6, 6.07) is 2.39. The molecule has 1 atom stereocenters. The third-order valence-corrected chi connectivity index (χ3v) is 2.10. The van der Waals surface area contributed by atoms with Gasteiger partial charge in [-0.1, -0.05) is 0 Å². The lowest BCUT2D eigenvalue weighted by Gasteiger charge is -2.09. The van der Waals surface area contributed by atoms with Gasteiger partial charge in [-0.25, -0.2) is 4.79 Å². The van der Waals surface area contributed by atoms with E-state index in [9.17, 15) is 9.59 Å². The van der Waals surface area contributed by atoms with Crippen LogP contribution in [0.15, 0.2) is 22.6 Å². The number of carbonyl (C=O) groups is 2. The molecule has 5 nitrogen and oxygen atoms in total. The third-order valence-electron chi connectivity index (χ3n) is 2.10. The first-order chi connectivity index (χ1) is 8.52. The zero-order chi connectivity index (χ0) is 13.5. The molecule has 1 unspecified atom stereocenters. The van der Waals surface area contributed by atoms with Crippen LogP contribution in [0.3, 0.4) is 0 Å². The Hall–Kier alpha value is -2.48. The molecule has 0 radical (unpaired) electrons. The molecule has 0 saturated heterocycles. The van der Waals surface area contributed by atoms with Crippen LogP contribution in [0.1, 0.15) is 17.9 Å². The van der Waals surface area contributed by atoms with Crippen LogP contribution in [0.25, 0.3) is 6.08 Å². The molecule has 2 N–H and O–H groups in total. The summed E-state index contributed by atoms with van der Waals surface area (Å²) in [6.45, 7) is 1.78. The zero-order valence-electron chi connectivity index (χ0n) is 9.84. The molecule has 1 aromatic heterocycles. The quantitative estimate of drug-likeness (QED) is 0.605. The van der Waals surface area contributed by atoms with E-state index in [1.165, 1.54) is 12.2 Å². The first-order valence-electron chi connectivity index (χ1n) is 5.24. The summed E-state index contributed by atoms with van der Waals surface area (Å²) >= 11 is 0. The van der Waals surface area contributed by atoms with E-state index in [4.69, 9.17) is 15.9 Å². The van der Waals surface area contributed by atoms with Crippen molar-refractivity contribution in [1.29, 1.82) is 0 Å². The van der Waals surface area contributed by atoms with E-state index in [-0.39, 0.29) is 6.42 Å². The Labute approximate surface area is 104 Å². The van der Waals surface area contributed by atoms with Gasteiger partial charge in [0.25, 0.3) is 0 Å². The monoisotopic (exact) mass is 247 g/mol. The molecule has 5 heteroatoms. The second kappa shape index (κ2) is 6.30. The van der Waals surface area contributed by atoms with Crippen LogP contribution >= 0.6 is 0 Å². The maximum absolute atomic E-state index is 11.4. The molecule has 0 spiro atoms. The van der Waals surface area contributed by atoms with Crippen LogP contribution < -0.4 is 5.32 Å². The molecule has 1 amide bonds. The van der Waals surface area contributed by atoms with Gasteiger partial charge in [0.2, 0.25) is 5.91 Å². The molecule has 1 aromatic rings. The highest BCUT2D eigenvalue weighted by atomic mass is 16.4. The minimum Gasteiger partial charge on any atom is -0.480 e. The number of carboxylic acids is 1. The topological polar surface area (TPSA) is 79.5 Å². The summed E-state index contributed by atoms with van der Waals surface area (Å²) in [5.41, 5.74) is 0. The van der Waals surface area contributed by atoms with E-state index in [1.807, 2.05) is 0 Å². The number of carboxylic acid groups (broad SMARTS) is 1. The Morgan fingerprint density at radius 2 is 2.33 bits per heavy atom. The van der Waals surface area contributed by atoms with E-state index >= 15 is 0 Å². The van der Waals surface area contributed by atoms with E-state index < -0.39 is 17.9 Å². The average molecular weight is 247 g/mol. The van der Waals surface area contributed by atoms with Crippen molar-refractivity contribution in [2.75, 3.05) is 0 Å². The Morgan fingerprint density at radius 3 is 2.83 bits per heavy atom. The molecule has 0 bridgehead atoms. The van der Waals surface area contributed by atoms with Gasteiger partial charge in [-0.2, -0.15) is 0 Å². The van der Waals surface area contributed by atoms with Crippen LogP contribution in [-0.2, 0) is 9.59 Å². The van der Waals surface area contributed by atoms with Gasteiger partial charge in [-0.15, -0.1) is 12.3 Å². The van der Waals surface area contributed by atoms with Gasteiger partial charge < -0.3 is 14.8 Å². The van der Waals surface area contributed by atoms with Crippen molar-refractivity contribution in [2.45, 2.75) is 19.4 Å². The highest BCUT2D eigenvalue weighted by Gasteiger charge is 2.17. The fourth-order valence-electron chi connectivity index (χ4n) is 1.24. The molecule has 0 saturated carbocycles. The molecule has 1 heterocycles. The standard InChI is InChI=1S/C13H13NO4/c1-3-4-11(13(16)17)14-12(15)8-7-10-6-5-9(2)18-10/h1,5-8,11H,4H2,2H3,(H,14,15)(H,16,17)/b8-7+. The van der Waals surface area contributed by atoms with Gasteiger partial charge in [0.05, 0.1) is 0 Å². The first-order valence-corrected chi connectivity index (χ1v) is 5.24. The second-order valence-corrected chi connectivity index (χ2v) is 3.59. The molecule has 18 heavy (non-hydrogen) atoms. The molecular formula is C13H13NO4. The van der Waals surface area contributed by atoms with E-state index in [0.717, 1.165) is 5.76 Å². The molecular weight excluding hydrogens is 234 g/mol. The lowest BCUT2D eigenvalue weighted by Crippen LogP contribution is -2.39. The molecule has 0 aromatic carbocycles. The number of terminal acetylenes is 1. The van der Waals surface area contributed by atoms with Gasteiger partial charge >= 0.3 is 5.97 Å². The molecule has 0 aliphatic rings. The van der Waals surface area contributed by atoms with Crippen molar-refractivity contribution in [1.82, 2.24) is 5.32 Å². The number of carbonyl (C=O) groups excluding carboxylic acids is 1. The molecule has 0 aliphatic carbocycles. The van der Waals surface area contributed by atoms with Crippen molar-refractivity contribution in [3.8, 4) is 12.3 Å². The first kappa shape index (κ1) is 13.6. The normalized spacial score (nSPS) is 12.0. The highest BCUT2D eigenvalue weighted by Crippen LogP contribution is 2.07. The van der Waals surface area contributed by atoms with Gasteiger partial charge in [0, 0.05) is 12.5 Å². The average Bonchev–Trinajstić information content (AvgIpc) is 2.72. The number of furan rings is 1. The Kier molecular flexibility index (Phi) is 4.76. The van der Waals surface area contributed by atoms with Crippen LogP contribution in [0.2, 0.25) is 0 Å². The van der Waals surface area contributed by atoms with Gasteiger partial charge in [0.1, 0.15) is 17.6 Å². The lowest BCUT2D eigenvalue weighted by atomic mass is 10.2. The smallest absolute Gasteiger partial charge is 0.327 e. The molecule has 0 aliphatic heterocycles. The predicted molar refractivity (Wildman–Crippen MR) is 65.5 cm³/mol. The van der Waals surface area contributed by atoms with Crippen LogP contribution in [0.5, 0.6) is 0 Å². The molecule has 1 rings (SSSR count). The maximum atomic E-state index is 11.4. The summed E-state index contributed by atoms with van der Waals surface area (Å²) < 4.78 is 5.22. The zero-order valence-corrected chi connectivity index (χ0v) is 9.84. The molecule has 0 fully saturated rings. The van der Waals surface area contributed by atoms with E-state index in [0.29, 0.717) is 5.76 Å². The SMILES string of the molecule is C#CCC(NC(=O)/C=C/c1ccc(C)o1)C(=O)O. The van der Waals surface area contributed by atoms with Gasteiger partial charge in [-0.3, -0.25) is 4.79 Å². The fourth-order valence-corrected chi connectivity index (χ4v) is 1.24. The summed E-state index contributed by atoms with van der Waals surface area (Å²) in [5.74, 6) is 1.74. The lowest BCUT2D eigenvalue weighted by molar-refractivity contribution is -0.141. The number of rotatable bonds is 5. The highest BCUT2D eigenvalue weighted by molar-refractivity contribution is 5.94. The number of aliphatic carboxylic acids is 1. The van der Waals surface area contributed by atoms with Crippen LogP contribution in [0.4, 0.5) is 0 Å². The minimum absolute atomic E-state index is 0.0607. The minimum atomic E-state index is -1.16. The number of aryl methyl sites for hydroxylation is 1. The number of amides is 1. The van der Waals surface area contributed by atoms with Crippen molar-refractivity contribution >= 4 is 18.0 Å². The number of hydrogen-bond donors (Lipinski definition) is 2. The van der Waals surface area contributed by atoms with Crippen molar-refractivity contribution < 1.29 is 19.1 Å². The number of nitrogens with one attached hydrogen (secondary N) is 1. The Morgan fingerprint density at radius 1 is 1.61 bits per heavy atom. The third kappa shape index (κ3) is 4.18. The van der Waals surface area contributed by atoms with Gasteiger partial charge in [-0.05, 0) is 25.1 Å². The van der Waals surface area contributed by atoms with E-state index in [2.05, 4.69) is 11.2 Å². The Balaban J connectivity index is 2.58. The maximum Gasteiger partial charge on any atom is 0.327 e. The fraction of sp³-hybridized carbons (Fsp3) is 0.231. The summed E-state index contributed by atoms with van der Waals surface area (Å²) in [6.07, 6.45) is 7.61. The van der Waals surface area contributed by atoms with Crippen LogP contribution in [-0.4, -0.2) is 23.0 Å². The predicted octanol–water partition coefficient (Wildman–Crippen LogP) is 1.19. The number of hydrogen-bond acceptors (Lipinski definition) is 3. The van der Waals surface area contributed by atoms with E-state index in [1.54, 1.807) is 19.1 Å².